The van der Waals surface area contributed by atoms with Gasteiger partial charge in [-0.1, -0.05) is 38.1 Å². The summed E-state index contributed by atoms with van der Waals surface area (Å²) in [6.07, 6.45) is 7.68. The molecule has 0 aromatic heterocycles. The van der Waals surface area contributed by atoms with E-state index in [1.165, 1.54) is 49.7 Å². The van der Waals surface area contributed by atoms with Crippen LogP contribution in [0.3, 0.4) is 0 Å². The van der Waals surface area contributed by atoms with Crippen molar-refractivity contribution < 1.29 is 10.2 Å². The van der Waals surface area contributed by atoms with Crippen LogP contribution in [0.25, 0.3) is 0 Å². The zero-order chi connectivity index (χ0) is 18.9. The lowest BCUT2D eigenvalue weighted by molar-refractivity contribution is -0.113. The third-order valence-corrected chi connectivity index (χ3v) is 8.30. The molecular weight excluding hydrogens is 332 g/mol. The second kappa shape index (κ2) is 5.53. The average molecular weight is 363 g/mol. The van der Waals surface area contributed by atoms with Crippen molar-refractivity contribution in [3.63, 3.8) is 0 Å². The van der Waals surface area contributed by atoms with E-state index in [0.29, 0.717) is 22.8 Å². The zero-order valence-electron chi connectivity index (χ0n) is 16.4. The highest BCUT2D eigenvalue weighted by molar-refractivity contribution is 5.41. The molecular formula is C25H30O2. The largest absolute Gasteiger partial charge is 0.508 e. The van der Waals surface area contributed by atoms with E-state index in [1.54, 1.807) is 0 Å². The molecule has 0 amide bonds. The summed E-state index contributed by atoms with van der Waals surface area (Å²) in [5, 5.41) is 19.6. The van der Waals surface area contributed by atoms with E-state index in [-0.39, 0.29) is 10.8 Å². The van der Waals surface area contributed by atoms with Gasteiger partial charge in [0, 0.05) is 0 Å². The van der Waals surface area contributed by atoms with E-state index in [4.69, 9.17) is 0 Å². The molecule has 27 heavy (non-hydrogen) atoms. The van der Waals surface area contributed by atoms with Crippen LogP contribution < -0.4 is 0 Å². The minimum Gasteiger partial charge on any atom is -0.508 e. The first kappa shape index (κ1) is 17.2. The monoisotopic (exact) mass is 362 g/mol. The Bertz CT molecular complexity index is 787. The van der Waals surface area contributed by atoms with Crippen molar-refractivity contribution in [1.29, 1.82) is 0 Å². The van der Waals surface area contributed by atoms with Gasteiger partial charge in [-0.25, -0.2) is 0 Å². The second-order valence-corrected chi connectivity index (χ2v) is 10.2. The van der Waals surface area contributed by atoms with Gasteiger partial charge in [-0.05, 0) is 102 Å². The van der Waals surface area contributed by atoms with Crippen LogP contribution in [-0.4, -0.2) is 10.2 Å². The Kier molecular flexibility index (Phi) is 3.51. The Hall–Kier alpha value is -1.96. The molecule has 0 spiro atoms. The fourth-order valence-corrected chi connectivity index (χ4v) is 7.43. The predicted octanol–water partition coefficient (Wildman–Crippen LogP) is 5.91. The first-order valence-corrected chi connectivity index (χ1v) is 10.4. The maximum absolute atomic E-state index is 9.81. The van der Waals surface area contributed by atoms with E-state index in [1.807, 2.05) is 24.3 Å². The normalized spacial score (nSPS) is 37.1. The Morgan fingerprint density at radius 2 is 1.15 bits per heavy atom. The molecule has 6 rings (SSSR count). The van der Waals surface area contributed by atoms with Gasteiger partial charge >= 0.3 is 0 Å². The topological polar surface area (TPSA) is 40.5 Å². The highest BCUT2D eigenvalue weighted by Gasteiger charge is 2.64. The third kappa shape index (κ3) is 2.45. The molecule has 4 saturated carbocycles. The molecule has 2 unspecified atom stereocenters. The van der Waals surface area contributed by atoms with Crippen LogP contribution in [0.1, 0.15) is 63.5 Å². The van der Waals surface area contributed by atoms with E-state index in [9.17, 15) is 10.2 Å². The molecule has 0 heterocycles. The van der Waals surface area contributed by atoms with Gasteiger partial charge in [0.15, 0.2) is 0 Å². The summed E-state index contributed by atoms with van der Waals surface area (Å²) in [6.45, 7) is 4.84. The maximum atomic E-state index is 9.81. The van der Waals surface area contributed by atoms with Gasteiger partial charge in [0.2, 0.25) is 0 Å². The fraction of sp³-hybridized carbons (Fsp3) is 0.520. The summed E-state index contributed by atoms with van der Waals surface area (Å²) in [6, 6.07) is 16.1. The van der Waals surface area contributed by atoms with Crippen LogP contribution in [0.5, 0.6) is 11.5 Å². The van der Waals surface area contributed by atoms with Crippen molar-refractivity contribution in [3.8, 4) is 11.5 Å². The molecule has 142 valence electrons. The zero-order valence-corrected chi connectivity index (χ0v) is 16.4. The Balaban J connectivity index is 1.66. The molecule has 4 aliphatic rings. The number of phenols is 2. The minimum absolute atomic E-state index is 0.218. The highest BCUT2D eigenvalue weighted by atomic mass is 16.3. The standard InChI is InChI=1S/C25H30O2/c1-17(2)23-11-18-12-24(14-23,19-3-7-21(26)8-4-19)16-25(13-18,15-23)20-5-9-22(27)10-6-20/h3-10,17-18,26-27H,11-16H2,1-2H3. The van der Waals surface area contributed by atoms with Crippen molar-refractivity contribution in [1.82, 2.24) is 0 Å². The molecule has 0 radical (unpaired) electrons. The van der Waals surface area contributed by atoms with Crippen LogP contribution in [0.4, 0.5) is 0 Å². The van der Waals surface area contributed by atoms with Crippen LogP contribution >= 0.6 is 0 Å². The molecule has 2 nitrogen and oxygen atoms in total. The maximum Gasteiger partial charge on any atom is 0.115 e. The predicted molar refractivity (Wildman–Crippen MR) is 108 cm³/mol. The summed E-state index contributed by atoms with van der Waals surface area (Å²) in [5.41, 5.74) is 3.66. The van der Waals surface area contributed by atoms with Crippen molar-refractivity contribution >= 4 is 0 Å². The number of hydrogen-bond donors (Lipinski definition) is 2. The van der Waals surface area contributed by atoms with Gasteiger partial charge in [-0.2, -0.15) is 0 Å². The molecule has 0 aliphatic heterocycles. The minimum atomic E-state index is 0.218. The quantitative estimate of drug-likeness (QED) is 0.712. The van der Waals surface area contributed by atoms with Crippen LogP contribution in [0.2, 0.25) is 0 Å². The molecule has 4 bridgehead atoms. The van der Waals surface area contributed by atoms with E-state index in [2.05, 4.69) is 38.1 Å². The van der Waals surface area contributed by atoms with E-state index >= 15 is 0 Å². The van der Waals surface area contributed by atoms with Gasteiger partial charge in [0.25, 0.3) is 0 Å². The summed E-state index contributed by atoms with van der Waals surface area (Å²) >= 11 is 0. The molecule has 2 aromatic rings. The summed E-state index contributed by atoms with van der Waals surface area (Å²) in [7, 11) is 0. The van der Waals surface area contributed by atoms with Gasteiger partial charge in [-0.3, -0.25) is 0 Å². The van der Waals surface area contributed by atoms with Crippen molar-refractivity contribution in [2.75, 3.05) is 0 Å². The van der Waals surface area contributed by atoms with Crippen LogP contribution in [0.15, 0.2) is 48.5 Å². The van der Waals surface area contributed by atoms with Gasteiger partial charge in [0.05, 0.1) is 0 Å². The number of rotatable bonds is 3. The SMILES string of the molecule is CC(C)C12CC3CC(c4ccc(O)cc4)(CC(c4ccc(O)cc4)(C3)C1)C2. The first-order valence-electron chi connectivity index (χ1n) is 10.4. The number of phenolic OH excluding ortho intramolecular Hbond substituents is 2. The molecule has 2 aromatic carbocycles. The molecule has 2 N–H and O–H groups in total. The lowest BCUT2D eigenvalue weighted by atomic mass is 9.36. The van der Waals surface area contributed by atoms with E-state index < -0.39 is 0 Å². The summed E-state index contributed by atoms with van der Waals surface area (Å²) < 4.78 is 0. The smallest absolute Gasteiger partial charge is 0.115 e. The lowest BCUT2D eigenvalue weighted by Crippen LogP contribution is -2.61. The molecule has 4 aliphatic carbocycles. The average Bonchev–Trinajstić information content (AvgIpc) is 2.61. The number of benzene rings is 2. The van der Waals surface area contributed by atoms with Crippen LogP contribution in [-0.2, 0) is 10.8 Å². The van der Waals surface area contributed by atoms with E-state index in [0.717, 1.165) is 5.92 Å². The highest BCUT2D eigenvalue weighted by Crippen LogP contribution is 2.72. The molecule has 4 fully saturated rings. The molecule has 2 atom stereocenters. The molecule has 2 heteroatoms. The lowest BCUT2D eigenvalue weighted by Gasteiger charge is -2.68. The van der Waals surface area contributed by atoms with Crippen LogP contribution in [0, 0.1) is 17.3 Å². The Morgan fingerprint density at radius 3 is 1.56 bits per heavy atom. The Morgan fingerprint density at radius 1 is 0.704 bits per heavy atom. The first-order chi connectivity index (χ1) is 12.8. The van der Waals surface area contributed by atoms with Crippen molar-refractivity contribution in [2.45, 2.75) is 63.2 Å². The van der Waals surface area contributed by atoms with Gasteiger partial charge < -0.3 is 10.2 Å². The van der Waals surface area contributed by atoms with Crippen molar-refractivity contribution in [3.05, 3.63) is 59.7 Å². The number of aromatic hydroxyl groups is 2. The Labute approximate surface area is 162 Å². The fourth-order valence-electron chi connectivity index (χ4n) is 7.43. The van der Waals surface area contributed by atoms with Gasteiger partial charge in [0.1, 0.15) is 11.5 Å². The third-order valence-electron chi connectivity index (χ3n) is 8.30. The summed E-state index contributed by atoms with van der Waals surface area (Å²) in [4.78, 5) is 0. The summed E-state index contributed by atoms with van der Waals surface area (Å²) in [5.74, 6) is 2.16. The van der Waals surface area contributed by atoms with Gasteiger partial charge in [-0.15, -0.1) is 0 Å². The molecule has 0 saturated heterocycles. The van der Waals surface area contributed by atoms with Crippen molar-refractivity contribution in [2.24, 2.45) is 17.3 Å². The second-order valence-electron chi connectivity index (χ2n) is 10.2. The number of hydrogen-bond acceptors (Lipinski definition) is 2.